The van der Waals surface area contributed by atoms with Crippen molar-refractivity contribution in [3.05, 3.63) is 54.1 Å². The van der Waals surface area contributed by atoms with Crippen molar-refractivity contribution in [3.8, 4) is 0 Å². The highest BCUT2D eigenvalue weighted by atomic mass is 32.2. The number of amides is 1. The first kappa shape index (κ1) is 18.9. The molecular formula is C20H24N3OS2+. The number of carbonyl (C=O) groups excluding carboxylic acids is 1. The van der Waals surface area contributed by atoms with E-state index in [9.17, 15) is 4.79 Å². The summed E-state index contributed by atoms with van der Waals surface area (Å²) >= 11 is 3.32. The molecule has 1 N–H and O–H groups in total. The number of hydrogen-bond acceptors (Lipinski definition) is 4. The molecule has 1 amide bonds. The molecule has 6 heteroatoms. The van der Waals surface area contributed by atoms with Crippen LogP contribution in [-0.4, -0.2) is 44.3 Å². The molecule has 0 fully saturated rings. The van der Waals surface area contributed by atoms with Crippen LogP contribution >= 0.6 is 23.1 Å². The zero-order chi connectivity index (χ0) is 18.5. The summed E-state index contributed by atoms with van der Waals surface area (Å²) in [4.78, 5) is 22.1. The van der Waals surface area contributed by atoms with Gasteiger partial charge in [0, 0.05) is 4.90 Å². The molecule has 0 aliphatic heterocycles. The lowest BCUT2D eigenvalue weighted by atomic mass is 10.1. The molecule has 0 radical (unpaired) electrons. The van der Waals surface area contributed by atoms with Crippen molar-refractivity contribution in [2.75, 3.05) is 38.3 Å². The lowest BCUT2D eigenvalue weighted by molar-refractivity contribution is -0.856. The Bertz CT molecular complexity index is 877. The second-order valence-corrected chi connectivity index (χ2v) is 8.38. The quantitative estimate of drug-likeness (QED) is 0.635. The minimum Gasteiger partial charge on any atom is -0.338 e. The lowest BCUT2D eigenvalue weighted by Gasteiger charge is -2.20. The lowest BCUT2D eigenvalue weighted by Crippen LogP contribution is -3.06. The van der Waals surface area contributed by atoms with Gasteiger partial charge in [0.2, 0.25) is 5.91 Å². The molecule has 26 heavy (non-hydrogen) atoms. The number of nitrogens with zero attached hydrogens (tertiary/aromatic N) is 2. The van der Waals surface area contributed by atoms with Gasteiger partial charge >= 0.3 is 0 Å². The first-order valence-electron chi connectivity index (χ1n) is 8.64. The van der Waals surface area contributed by atoms with E-state index in [1.807, 2.05) is 41.3 Å². The highest BCUT2D eigenvalue weighted by Gasteiger charge is 2.21. The van der Waals surface area contributed by atoms with Crippen LogP contribution in [0.15, 0.2) is 53.4 Å². The van der Waals surface area contributed by atoms with Crippen molar-refractivity contribution < 1.29 is 9.69 Å². The summed E-state index contributed by atoms with van der Waals surface area (Å²) in [6.07, 6.45) is 2.47. The van der Waals surface area contributed by atoms with Crippen LogP contribution < -0.4 is 9.80 Å². The molecule has 2 aromatic carbocycles. The molecular weight excluding hydrogens is 362 g/mol. The molecule has 3 aromatic rings. The molecule has 0 bridgehead atoms. The number of likely N-dealkylation sites (N-methyl/N-ethyl adjacent to an activating group) is 1. The average Bonchev–Trinajstić information content (AvgIpc) is 3.05. The number of nitrogens with one attached hydrogen (secondary N) is 1. The number of rotatable bonds is 7. The smallest absolute Gasteiger partial charge is 0.233 e. The predicted molar refractivity (Wildman–Crippen MR) is 112 cm³/mol. The SMILES string of the molecule is CSc1ccc2nc(N(CC[NH+](C)C)C(=O)Cc3ccccc3)sc2c1. The molecule has 1 heterocycles. The third-order valence-electron chi connectivity index (χ3n) is 4.15. The van der Waals surface area contributed by atoms with Gasteiger partial charge in [-0.3, -0.25) is 9.69 Å². The van der Waals surface area contributed by atoms with Crippen LogP contribution in [0.3, 0.4) is 0 Å². The van der Waals surface area contributed by atoms with E-state index in [1.54, 1.807) is 23.1 Å². The molecule has 0 aliphatic carbocycles. The summed E-state index contributed by atoms with van der Waals surface area (Å²) in [5.41, 5.74) is 1.99. The van der Waals surface area contributed by atoms with E-state index in [4.69, 9.17) is 4.98 Å². The normalized spacial score (nSPS) is 11.2. The van der Waals surface area contributed by atoms with E-state index >= 15 is 0 Å². The van der Waals surface area contributed by atoms with Gasteiger partial charge in [0.25, 0.3) is 0 Å². The summed E-state index contributed by atoms with van der Waals surface area (Å²) in [5.74, 6) is 0.0987. The minimum absolute atomic E-state index is 0.0987. The van der Waals surface area contributed by atoms with Crippen LogP contribution in [0.1, 0.15) is 5.56 Å². The summed E-state index contributed by atoms with van der Waals surface area (Å²) < 4.78 is 1.13. The predicted octanol–water partition coefficient (Wildman–Crippen LogP) is 2.74. The van der Waals surface area contributed by atoms with Crippen molar-refractivity contribution in [2.24, 2.45) is 0 Å². The fourth-order valence-electron chi connectivity index (χ4n) is 2.66. The molecule has 3 rings (SSSR count). The van der Waals surface area contributed by atoms with Gasteiger partial charge in [0.15, 0.2) is 5.13 Å². The van der Waals surface area contributed by atoms with Gasteiger partial charge in [-0.05, 0) is 30.0 Å². The highest BCUT2D eigenvalue weighted by molar-refractivity contribution is 7.98. The molecule has 0 unspecified atom stereocenters. The number of carbonyl (C=O) groups is 1. The van der Waals surface area contributed by atoms with Crippen molar-refractivity contribution in [1.29, 1.82) is 0 Å². The molecule has 0 aliphatic rings. The van der Waals surface area contributed by atoms with Gasteiger partial charge in [-0.1, -0.05) is 41.7 Å². The second-order valence-electron chi connectivity index (χ2n) is 6.49. The molecule has 0 spiro atoms. The summed E-state index contributed by atoms with van der Waals surface area (Å²) in [5, 5.41) is 0.792. The van der Waals surface area contributed by atoms with E-state index in [0.29, 0.717) is 13.0 Å². The Labute approximate surface area is 162 Å². The van der Waals surface area contributed by atoms with Crippen LogP contribution in [0.5, 0.6) is 0 Å². The van der Waals surface area contributed by atoms with Gasteiger partial charge in [-0.2, -0.15) is 0 Å². The van der Waals surface area contributed by atoms with Crippen molar-refractivity contribution >= 4 is 44.4 Å². The average molecular weight is 387 g/mol. The van der Waals surface area contributed by atoms with Crippen LogP contribution in [-0.2, 0) is 11.2 Å². The third-order valence-corrected chi connectivity index (χ3v) is 5.92. The number of hydrogen-bond donors (Lipinski definition) is 1. The number of benzene rings is 2. The molecule has 136 valence electrons. The van der Waals surface area contributed by atoms with Gasteiger partial charge < -0.3 is 4.90 Å². The van der Waals surface area contributed by atoms with Crippen LogP contribution in [0, 0.1) is 0 Å². The van der Waals surface area contributed by atoms with Crippen molar-refractivity contribution in [3.63, 3.8) is 0 Å². The topological polar surface area (TPSA) is 37.6 Å². The molecule has 0 saturated heterocycles. The third kappa shape index (κ3) is 4.63. The number of fused-ring (bicyclic) bond motifs is 1. The Balaban J connectivity index is 1.88. The summed E-state index contributed by atoms with van der Waals surface area (Å²) in [7, 11) is 4.20. The van der Waals surface area contributed by atoms with Gasteiger partial charge in [-0.25, -0.2) is 4.98 Å². The largest absolute Gasteiger partial charge is 0.338 e. The highest BCUT2D eigenvalue weighted by Crippen LogP contribution is 2.31. The second kappa shape index (κ2) is 8.66. The van der Waals surface area contributed by atoms with Gasteiger partial charge in [0.05, 0.1) is 43.8 Å². The van der Waals surface area contributed by atoms with E-state index in [0.717, 1.165) is 27.5 Å². The maximum absolute atomic E-state index is 13.0. The fourth-order valence-corrected chi connectivity index (χ4v) is 4.23. The summed E-state index contributed by atoms with van der Waals surface area (Å²) in [6, 6.07) is 16.2. The minimum atomic E-state index is 0.0987. The maximum Gasteiger partial charge on any atom is 0.233 e. The molecule has 0 atom stereocenters. The van der Waals surface area contributed by atoms with Crippen LogP contribution in [0.2, 0.25) is 0 Å². The van der Waals surface area contributed by atoms with Gasteiger partial charge in [-0.15, -0.1) is 11.8 Å². The zero-order valence-electron chi connectivity index (χ0n) is 15.4. The zero-order valence-corrected chi connectivity index (χ0v) is 17.0. The van der Waals surface area contributed by atoms with Gasteiger partial charge in [0.1, 0.15) is 0 Å². The maximum atomic E-state index is 13.0. The van der Waals surface area contributed by atoms with Crippen LogP contribution in [0.4, 0.5) is 5.13 Å². The molecule has 4 nitrogen and oxygen atoms in total. The summed E-state index contributed by atoms with van der Waals surface area (Å²) in [6.45, 7) is 1.55. The Morgan fingerprint density at radius 3 is 2.65 bits per heavy atom. The van der Waals surface area contributed by atoms with E-state index in [-0.39, 0.29) is 5.91 Å². The Morgan fingerprint density at radius 1 is 1.19 bits per heavy atom. The first-order valence-corrected chi connectivity index (χ1v) is 10.7. The molecule has 0 saturated carbocycles. The number of aromatic nitrogens is 1. The number of quaternary nitrogens is 1. The Kier molecular flexibility index (Phi) is 6.29. The number of thioether (sulfide) groups is 1. The van der Waals surface area contributed by atoms with Crippen LogP contribution in [0.25, 0.3) is 10.2 Å². The van der Waals surface area contributed by atoms with E-state index in [1.165, 1.54) is 9.80 Å². The number of anilines is 1. The monoisotopic (exact) mass is 386 g/mol. The van der Waals surface area contributed by atoms with Crippen molar-refractivity contribution in [1.82, 2.24) is 4.98 Å². The first-order chi connectivity index (χ1) is 12.6. The molecule has 1 aromatic heterocycles. The Hall–Kier alpha value is -1.89. The number of thiazole rings is 1. The van der Waals surface area contributed by atoms with E-state index < -0.39 is 0 Å². The Morgan fingerprint density at radius 2 is 1.96 bits per heavy atom. The van der Waals surface area contributed by atoms with Crippen molar-refractivity contribution in [2.45, 2.75) is 11.3 Å². The van der Waals surface area contributed by atoms with E-state index in [2.05, 4.69) is 32.5 Å². The fraction of sp³-hybridized carbons (Fsp3) is 0.300. The standard InChI is InChI=1S/C20H23N3OS2/c1-22(2)11-12-23(19(24)13-15-7-5-4-6-8-15)20-21-17-10-9-16(25-3)14-18(17)26-20/h4-10,14H,11-13H2,1-3H3/p+1.